The molecule has 0 saturated carbocycles. The number of hydrogen-bond acceptors (Lipinski definition) is 8. The molecule has 0 spiro atoms. The van der Waals surface area contributed by atoms with Crippen LogP contribution in [0.5, 0.6) is 0 Å². The van der Waals surface area contributed by atoms with Crippen molar-refractivity contribution < 1.29 is 9.32 Å². The highest BCUT2D eigenvalue weighted by Gasteiger charge is 2.18. The Bertz CT molecular complexity index is 1130. The summed E-state index contributed by atoms with van der Waals surface area (Å²) >= 11 is 0. The zero-order valence-corrected chi connectivity index (χ0v) is 14.7. The van der Waals surface area contributed by atoms with Crippen LogP contribution in [0.4, 0.5) is 11.9 Å². The van der Waals surface area contributed by atoms with Crippen LogP contribution < -0.4 is 16.0 Å². The summed E-state index contributed by atoms with van der Waals surface area (Å²) in [7, 11) is 0. The van der Waals surface area contributed by atoms with Gasteiger partial charge in [0.25, 0.3) is 17.6 Å². The molecule has 2 heterocycles. The Kier molecular flexibility index (Phi) is 5.27. The Hall–Kier alpha value is -4.26. The maximum atomic E-state index is 12.5. The first-order valence-corrected chi connectivity index (χ1v) is 8.12. The molecule has 0 unspecified atom stereocenters. The van der Waals surface area contributed by atoms with Crippen molar-refractivity contribution in [2.24, 2.45) is 0 Å². The van der Waals surface area contributed by atoms with E-state index in [2.05, 4.69) is 33.4 Å². The van der Waals surface area contributed by atoms with Gasteiger partial charge in [0.15, 0.2) is 0 Å². The molecule has 0 bridgehead atoms. The zero-order chi connectivity index (χ0) is 20.1. The first kappa shape index (κ1) is 18.5. The number of anilines is 2. The molecule has 0 fully saturated rings. The number of carbonyl (C=O) groups excluding carboxylic acids is 1. The molecule has 1 amide bonds. The average Bonchev–Trinajstić information content (AvgIpc) is 3.08. The van der Waals surface area contributed by atoms with Gasteiger partial charge in [0.05, 0.1) is 11.6 Å². The van der Waals surface area contributed by atoms with Crippen molar-refractivity contribution in [2.75, 3.05) is 23.3 Å². The largest absolute Gasteiger partial charge is 0.462 e. The van der Waals surface area contributed by atoms with Gasteiger partial charge in [-0.25, -0.2) is 4.79 Å². The third-order valence-electron chi connectivity index (χ3n) is 3.62. The number of amides is 1. The van der Waals surface area contributed by atoms with Crippen LogP contribution >= 0.6 is 0 Å². The van der Waals surface area contributed by atoms with Crippen LogP contribution in [0, 0.1) is 11.3 Å². The number of nitriles is 1. The Labute approximate surface area is 159 Å². The molecule has 3 rings (SSSR count). The molecule has 3 aromatic rings. The van der Waals surface area contributed by atoms with E-state index in [1.165, 1.54) is 24.3 Å². The second-order valence-electron chi connectivity index (χ2n) is 5.54. The molecule has 0 saturated heterocycles. The van der Waals surface area contributed by atoms with Crippen molar-refractivity contribution in [1.29, 1.82) is 5.26 Å². The third kappa shape index (κ3) is 3.78. The van der Waals surface area contributed by atoms with Crippen molar-refractivity contribution in [1.82, 2.24) is 19.5 Å². The van der Waals surface area contributed by atoms with Gasteiger partial charge in [-0.1, -0.05) is 16.7 Å². The number of hydrogen-bond donors (Lipinski definition) is 1. The minimum atomic E-state index is -0.876. The highest BCUT2D eigenvalue weighted by atomic mass is 16.5. The molecule has 0 aliphatic heterocycles. The smallest absolute Gasteiger partial charge is 0.333 e. The van der Waals surface area contributed by atoms with E-state index in [1.54, 1.807) is 17.1 Å². The molecule has 0 radical (unpaired) electrons. The predicted octanol–water partition coefficient (Wildman–Crippen LogP) is 1.38. The van der Waals surface area contributed by atoms with Crippen molar-refractivity contribution in [3.8, 4) is 6.07 Å². The van der Waals surface area contributed by atoms with Gasteiger partial charge >= 0.3 is 5.76 Å². The first-order valence-electron chi connectivity index (χ1n) is 8.12. The lowest BCUT2D eigenvalue weighted by molar-refractivity contribution is 0.102. The van der Waals surface area contributed by atoms with E-state index in [4.69, 9.17) is 9.78 Å². The van der Waals surface area contributed by atoms with Gasteiger partial charge in [0.2, 0.25) is 5.95 Å². The van der Waals surface area contributed by atoms with Gasteiger partial charge in [-0.3, -0.25) is 10.1 Å². The number of carbonyl (C=O) groups is 1. The number of nitrogens with zero attached hydrogens (tertiary/aromatic N) is 6. The number of benzene rings is 1. The van der Waals surface area contributed by atoms with Gasteiger partial charge in [-0.2, -0.15) is 15.2 Å². The standard InChI is InChI=1S/C18H15N7O3/c1-3-9-24(10-4-2)15-21-16(25-17(22-15)23-18(27)28-25)20-14(26)13-7-5-12(11-19)6-8-13/h3-8H,1-2,9-10H2,(H,20,21,22,23,26,27). The minimum Gasteiger partial charge on any atom is -0.333 e. The molecule has 0 aliphatic carbocycles. The lowest BCUT2D eigenvalue weighted by atomic mass is 10.1. The topological polar surface area (TPSA) is 129 Å². The Morgan fingerprint density at radius 2 is 1.89 bits per heavy atom. The maximum Gasteiger partial charge on any atom is 0.462 e. The fraction of sp³-hybridized carbons (Fsp3) is 0.111. The third-order valence-corrected chi connectivity index (χ3v) is 3.62. The normalized spacial score (nSPS) is 10.2. The summed E-state index contributed by atoms with van der Waals surface area (Å²) in [5.41, 5.74) is 0.720. The van der Waals surface area contributed by atoms with E-state index < -0.39 is 11.7 Å². The number of rotatable bonds is 7. The highest BCUT2D eigenvalue weighted by molar-refractivity contribution is 6.03. The van der Waals surface area contributed by atoms with E-state index in [9.17, 15) is 9.59 Å². The molecule has 1 N–H and O–H groups in total. The summed E-state index contributed by atoms with van der Waals surface area (Å²) in [5, 5.41) is 11.4. The molecular formula is C18H15N7O3. The monoisotopic (exact) mass is 377 g/mol. The van der Waals surface area contributed by atoms with Crippen molar-refractivity contribution in [3.63, 3.8) is 0 Å². The molecule has 10 heteroatoms. The number of aromatic nitrogens is 4. The fourth-order valence-corrected chi connectivity index (χ4v) is 2.37. The summed E-state index contributed by atoms with van der Waals surface area (Å²) in [6.07, 6.45) is 3.31. The van der Waals surface area contributed by atoms with Gasteiger partial charge in [0.1, 0.15) is 0 Å². The van der Waals surface area contributed by atoms with Crippen LogP contribution in [0.15, 0.2) is 58.9 Å². The quantitative estimate of drug-likeness (QED) is 0.611. The van der Waals surface area contributed by atoms with Crippen LogP contribution in [-0.2, 0) is 0 Å². The first-order chi connectivity index (χ1) is 13.5. The van der Waals surface area contributed by atoms with Gasteiger partial charge in [0, 0.05) is 18.7 Å². The van der Waals surface area contributed by atoms with Crippen LogP contribution in [0.25, 0.3) is 5.78 Å². The zero-order valence-electron chi connectivity index (χ0n) is 14.7. The summed E-state index contributed by atoms with van der Waals surface area (Å²) in [4.78, 5) is 37.9. The molecule has 2 aromatic heterocycles. The van der Waals surface area contributed by atoms with Gasteiger partial charge < -0.3 is 9.42 Å². The molecule has 140 valence electrons. The Morgan fingerprint density at radius 3 is 2.50 bits per heavy atom. The fourth-order valence-electron chi connectivity index (χ4n) is 2.37. The lowest BCUT2D eigenvalue weighted by Crippen LogP contribution is -2.27. The van der Waals surface area contributed by atoms with E-state index in [1.807, 2.05) is 6.07 Å². The summed E-state index contributed by atoms with van der Waals surface area (Å²) in [5.74, 6) is -1.29. The Balaban J connectivity index is 2.01. The van der Waals surface area contributed by atoms with Crippen LogP contribution in [0.2, 0.25) is 0 Å². The molecule has 0 aliphatic rings. The van der Waals surface area contributed by atoms with Crippen molar-refractivity contribution in [2.45, 2.75) is 0 Å². The predicted molar refractivity (Wildman–Crippen MR) is 101 cm³/mol. The molecule has 1 aromatic carbocycles. The summed E-state index contributed by atoms with van der Waals surface area (Å²) in [6.45, 7) is 8.19. The second-order valence-corrected chi connectivity index (χ2v) is 5.54. The van der Waals surface area contributed by atoms with Crippen molar-refractivity contribution >= 4 is 23.6 Å². The maximum absolute atomic E-state index is 12.5. The van der Waals surface area contributed by atoms with Gasteiger partial charge in [-0.15, -0.1) is 18.1 Å². The molecule has 28 heavy (non-hydrogen) atoms. The summed E-state index contributed by atoms with van der Waals surface area (Å²) in [6, 6.07) is 8.01. The number of fused-ring (bicyclic) bond motifs is 1. The highest BCUT2D eigenvalue weighted by Crippen LogP contribution is 2.15. The van der Waals surface area contributed by atoms with Crippen molar-refractivity contribution in [3.05, 3.63) is 71.3 Å². The van der Waals surface area contributed by atoms with Crippen LogP contribution in [-0.4, -0.2) is 38.5 Å². The molecular weight excluding hydrogens is 362 g/mol. The van der Waals surface area contributed by atoms with E-state index in [0.717, 1.165) is 4.57 Å². The van der Waals surface area contributed by atoms with Crippen LogP contribution in [0.3, 0.4) is 0 Å². The number of nitrogens with one attached hydrogen (secondary N) is 1. The molecule has 0 atom stereocenters. The average molecular weight is 377 g/mol. The Morgan fingerprint density at radius 1 is 1.21 bits per heavy atom. The minimum absolute atomic E-state index is 0.0525. The van der Waals surface area contributed by atoms with E-state index >= 15 is 0 Å². The van der Waals surface area contributed by atoms with E-state index in [-0.39, 0.29) is 17.7 Å². The SMILES string of the molecule is C=CCN(CC=C)c1nc(NC(=O)c2ccc(C#N)cc2)n2oc(=O)nc2n1. The van der Waals surface area contributed by atoms with E-state index in [0.29, 0.717) is 24.2 Å². The second kappa shape index (κ2) is 7.96. The van der Waals surface area contributed by atoms with Gasteiger partial charge in [-0.05, 0) is 24.3 Å². The molecule has 10 nitrogen and oxygen atoms in total. The summed E-state index contributed by atoms with van der Waals surface area (Å²) < 4.78 is 5.87. The lowest BCUT2D eigenvalue weighted by Gasteiger charge is -2.19. The van der Waals surface area contributed by atoms with Crippen LogP contribution in [0.1, 0.15) is 15.9 Å².